The Bertz CT molecular complexity index is 393. The van der Waals surface area contributed by atoms with Gasteiger partial charge in [-0.25, -0.2) is 8.78 Å². The standard InChI is InChI=1S/C12H13F3O2/c13-4-3-12(1-2-12)17-11-9(14)5-8(7-16)6-10(11)15/h5-6,16H,1-4,7H2. The van der Waals surface area contributed by atoms with Gasteiger partial charge in [-0.3, -0.25) is 4.39 Å². The summed E-state index contributed by atoms with van der Waals surface area (Å²) < 4.78 is 44.5. The van der Waals surface area contributed by atoms with Gasteiger partial charge in [-0.2, -0.15) is 0 Å². The summed E-state index contributed by atoms with van der Waals surface area (Å²) in [6.07, 6.45) is 1.36. The molecule has 0 aliphatic heterocycles. The zero-order chi connectivity index (χ0) is 12.5. The van der Waals surface area contributed by atoms with E-state index in [1.165, 1.54) is 0 Å². The SMILES string of the molecule is OCc1cc(F)c(OC2(CCF)CC2)c(F)c1. The van der Waals surface area contributed by atoms with Gasteiger partial charge in [-0.05, 0) is 30.5 Å². The predicted molar refractivity (Wildman–Crippen MR) is 55.5 cm³/mol. The Kier molecular flexibility index (Phi) is 3.28. The highest BCUT2D eigenvalue weighted by Gasteiger charge is 2.46. The van der Waals surface area contributed by atoms with Gasteiger partial charge in [0.15, 0.2) is 17.4 Å². The number of hydrogen-bond donors (Lipinski definition) is 1. The van der Waals surface area contributed by atoms with Gasteiger partial charge >= 0.3 is 0 Å². The van der Waals surface area contributed by atoms with Gasteiger partial charge in [0.1, 0.15) is 5.60 Å². The third-order valence-corrected chi connectivity index (χ3v) is 2.92. The van der Waals surface area contributed by atoms with Crippen molar-refractivity contribution in [2.75, 3.05) is 6.67 Å². The van der Waals surface area contributed by atoms with Gasteiger partial charge in [-0.15, -0.1) is 0 Å². The highest BCUT2D eigenvalue weighted by Crippen LogP contribution is 2.44. The molecule has 17 heavy (non-hydrogen) atoms. The number of alkyl halides is 1. The number of aliphatic hydroxyl groups is 1. The maximum absolute atomic E-state index is 13.5. The second-order valence-corrected chi connectivity index (χ2v) is 4.27. The van der Waals surface area contributed by atoms with Crippen LogP contribution in [0.1, 0.15) is 24.8 Å². The topological polar surface area (TPSA) is 29.5 Å². The van der Waals surface area contributed by atoms with Gasteiger partial charge in [0, 0.05) is 6.42 Å². The normalized spacial score (nSPS) is 16.9. The average molecular weight is 246 g/mol. The second kappa shape index (κ2) is 4.56. The van der Waals surface area contributed by atoms with Crippen molar-refractivity contribution in [3.05, 3.63) is 29.3 Å². The Labute approximate surface area is 97.0 Å². The van der Waals surface area contributed by atoms with Crippen LogP contribution in [0.5, 0.6) is 5.75 Å². The predicted octanol–water partition coefficient (Wildman–Crippen LogP) is 2.73. The van der Waals surface area contributed by atoms with Crippen molar-refractivity contribution in [1.29, 1.82) is 0 Å². The molecule has 0 aromatic heterocycles. The molecular weight excluding hydrogens is 233 g/mol. The van der Waals surface area contributed by atoms with Crippen molar-refractivity contribution >= 4 is 0 Å². The Morgan fingerprint density at radius 3 is 2.24 bits per heavy atom. The molecule has 0 radical (unpaired) electrons. The largest absolute Gasteiger partial charge is 0.481 e. The summed E-state index contributed by atoms with van der Waals surface area (Å²) in [4.78, 5) is 0. The van der Waals surface area contributed by atoms with Crippen LogP contribution in [0.25, 0.3) is 0 Å². The molecular formula is C12H13F3O2. The van der Waals surface area contributed by atoms with E-state index in [2.05, 4.69) is 0 Å². The molecule has 2 nitrogen and oxygen atoms in total. The van der Waals surface area contributed by atoms with Crippen LogP contribution in [0, 0.1) is 11.6 Å². The summed E-state index contributed by atoms with van der Waals surface area (Å²) in [6, 6.07) is 2.04. The van der Waals surface area contributed by atoms with Crippen molar-refractivity contribution in [2.45, 2.75) is 31.5 Å². The van der Waals surface area contributed by atoms with Gasteiger partial charge in [-0.1, -0.05) is 0 Å². The van der Waals surface area contributed by atoms with Crippen LogP contribution in [0.15, 0.2) is 12.1 Å². The fourth-order valence-electron chi connectivity index (χ4n) is 1.73. The van der Waals surface area contributed by atoms with Gasteiger partial charge in [0.05, 0.1) is 13.3 Å². The first-order valence-corrected chi connectivity index (χ1v) is 5.44. The van der Waals surface area contributed by atoms with E-state index in [1.807, 2.05) is 0 Å². The Morgan fingerprint density at radius 2 is 1.82 bits per heavy atom. The average Bonchev–Trinajstić information content (AvgIpc) is 3.04. The van der Waals surface area contributed by atoms with Crippen LogP contribution < -0.4 is 4.74 Å². The Balaban J connectivity index is 2.21. The summed E-state index contributed by atoms with van der Waals surface area (Å²) in [5, 5.41) is 8.78. The fraction of sp³-hybridized carbons (Fsp3) is 0.500. The van der Waals surface area contributed by atoms with Crippen LogP contribution in [0.2, 0.25) is 0 Å². The monoisotopic (exact) mass is 246 g/mol. The first kappa shape index (κ1) is 12.2. The molecule has 1 fully saturated rings. The van der Waals surface area contributed by atoms with E-state index in [0.29, 0.717) is 12.8 Å². The minimum absolute atomic E-state index is 0.141. The third kappa shape index (κ3) is 2.54. The Hall–Kier alpha value is -1.23. The lowest BCUT2D eigenvalue weighted by molar-refractivity contribution is 0.142. The number of ether oxygens (including phenoxy) is 1. The van der Waals surface area contributed by atoms with E-state index >= 15 is 0 Å². The number of hydrogen-bond acceptors (Lipinski definition) is 2. The molecule has 0 spiro atoms. The molecule has 1 N–H and O–H groups in total. The van der Waals surface area contributed by atoms with Crippen molar-refractivity contribution in [3.8, 4) is 5.75 Å². The maximum atomic E-state index is 13.5. The summed E-state index contributed by atoms with van der Waals surface area (Å²) in [5.41, 5.74) is -0.598. The summed E-state index contributed by atoms with van der Waals surface area (Å²) in [5.74, 6) is -2.20. The van der Waals surface area contributed by atoms with E-state index in [1.54, 1.807) is 0 Å². The third-order valence-electron chi connectivity index (χ3n) is 2.92. The van der Waals surface area contributed by atoms with Gasteiger partial charge in [0.25, 0.3) is 0 Å². The first-order chi connectivity index (χ1) is 8.10. The molecule has 1 aromatic rings. The molecule has 0 heterocycles. The van der Waals surface area contributed by atoms with Crippen molar-refractivity contribution in [3.63, 3.8) is 0 Å². The van der Waals surface area contributed by atoms with Gasteiger partial charge < -0.3 is 9.84 Å². The summed E-state index contributed by atoms with van der Waals surface area (Å²) in [6.45, 7) is -1.01. The minimum Gasteiger partial charge on any atom is -0.481 e. The van der Waals surface area contributed by atoms with E-state index in [-0.39, 0.29) is 12.0 Å². The molecule has 0 atom stereocenters. The number of aliphatic hydroxyl groups excluding tert-OH is 1. The van der Waals surface area contributed by atoms with E-state index in [4.69, 9.17) is 9.84 Å². The first-order valence-electron chi connectivity index (χ1n) is 5.44. The van der Waals surface area contributed by atoms with Crippen LogP contribution in [-0.2, 0) is 6.61 Å². The lowest BCUT2D eigenvalue weighted by atomic mass is 10.2. The molecule has 1 aliphatic carbocycles. The molecule has 0 bridgehead atoms. The number of rotatable bonds is 5. The van der Waals surface area contributed by atoms with Crippen LogP contribution >= 0.6 is 0 Å². The fourth-order valence-corrected chi connectivity index (χ4v) is 1.73. The number of halogens is 3. The van der Waals surface area contributed by atoms with E-state index in [9.17, 15) is 13.2 Å². The summed E-state index contributed by atoms with van der Waals surface area (Å²) >= 11 is 0. The van der Waals surface area contributed by atoms with E-state index in [0.717, 1.165) is 12.1 Å². The molecule has 0 amide bonds. The molecule has 94 valence electrons. The van der Waals surface area contributed by atoms with Crippen molar-refractivity contribution < 1.29 is 23.0 Å². The molecule has 0 unspecified atom stereocenters. The second-order valence-electron chi connectivity index (χ2n) is 4.27. The highest BCUT2D eigenvalue weighted by atomic mass is 19.1. The van der Waals surface area contributed by atoms with Crippen LogP contribution in [-0.4, -0.2) is 17.4 Å². The molecule has 1 aromatic carbocycles. The van der Waals surface area contributed by atoms with Crippen LogP contribution in [0.4, 0.5) is 13.2 Å². The molecule has 1 aliphatic rings. The molecule has 0 saturated heterocycles. The molecule has 2 rings (SSSR count). The quantitative estimate of drug-likeness (QED) is 0.865. The van der Waals surface area contributed by atoms with E-state index < -0.39 is 36.3 Å². The smallest absolute Gasteiger partial charge is 0.191 e. The lowest BCUT2D eigenvalue weighted by Crippen LogP contribution is -2.20. The molecule has 5 heteroatoms. The van der Waals surface area contributed by atoms with Crippen molar-refractivity contribution in [2.24, 2.45) is 0 Å². The summed E-state index contributed by atoms with van der Waals surface area (Å²) in [7, 11) is 0. The molecule has 1 saturated carbocycles. The van der Waals surface area contributed by atoms with Gasteiger partial charge in [0.2, 0.25) is 0 Å². The maximum Gasteiger partial charge on any atom is 0.191 e. The van der Waals surface area contributed by atoms with Crippen LogP contribution in [0.3, 0.4) is 0 Å². The number of benzene rings is 1. The minimum atomic E-state index is -0.862. The van der Waals surface area contributed by atoms with Crippen molar-refractivity contribution in [1.82, 2.24) is 0 Å². The Morgan fingerprint density at radius 1 is 1.24 bits per heavy atom. The highest BCUT2D eigenvalue weighted by molar-refractivity contribution is 5.32. The zero-order valence-electron chi connectivity index (χ0n) is 9.18. The zero-order valence-corrected chi connectivity index (χ0v) is 9.18. The lowest BCUT2D eigenvalue weighted by Gasteiger charge is -2.18.